The summed E-state index contributed by atoms with van der Waals surface area (Å²) in [4.78, 5) is 10.6. The van der Waals surface area contributed by atoms with Gasteiger partial charge in [0.1, 0.15) is 0 Å². The second-order valence-electron chi connectivity index (χ2n) is 4.43. The van der Waals surface area contributed by atoms with Crippen LogP contribution in [0.1, 0.15) is 16.7 Å². The number of benzene rings is 1. The summed E-state index contributed by atoms with van der Waals surface area (Å²) in [5.41, 5.74) is 2.10. The molecule has 1 rings (SSSR count). The van der Waals surface area contributed by atoms with Gasteiger partial charge < -0.3 is 10.2 Å². The lowest BCUT2D eigenvalue weighted by atomic mass is 10.1. The number of rotatable bonds is 5. The Kier molecular flexibility index (Phi) is 4.67. The third kappa shape index (κ3) is 3.76. The first kappa shape index (κ1) is 15.6. The van der Waals surface area contributed by atoms with Crippen LogP contribution in [0.3, 0.4) is 0 Å². The van der Waals surface area contributed by atoms with Gasteiger partial charge in [0, 0.05) is 6.54 Å². The van der Waals surface area contributed by atoms with Crippen LogP contribution in [0.5, 0.6) is 0 Å². The Morgan fingerprint density at radius 3 is 2.16 bits per heavy atom. The fourth-order valence-electron chi connectivity index (χ4n) is 1.94. The van der Waals surface area contributed by atoms with E-state index in [2.05, 4.69) is 4.72 Å². The maximum atomic E-state index is 12.1. The Morgan fingerprint density at radius 1 is 1.26 bits per heavy atom. The zero-order chi connectivity index (χ0) is 14.8. The average Bonchev–Trinajstić information content (AvgIpc) is 2.23. The minimum absolute atomic E-state index is 0.121. The van der Waals surface area contributed by atoms with Gasteiger partial charge in [-0.2, -0.15) is 0 Å². The van der Waals surface area contributed by atoms with Crippen LogP contribution < -0.4 is 4.72 Å². The van der Waals surface area contributed by atoms with Crippen LogP contribution in [0.15, 0.2) is 17.0 Å². The number of carboxylic acid groups (broad SMARTS) is 1. The maximum absolute atomic E-state index is 12.1. The molecule has 1 aromatic rings. The van der Waals surface area contributed by atoms with Gasteiger partial charge in [0.05, 0.1) is 4.90 Å². The fourth-order valence-corrected chi connectivity index (χ4v) is 3.43. The highest BCUT2D eigenvalue weighted by molar-refractivity contribution is 7.89. The van der Waals surface area contributed by atoms with Gasteiger partial charge in [0.15, 0.2) is 6.10 Å². The van der Waals surface area contributed by atoms with Crippen molar-refractivity contribution in [2.24, 2.45) is 0 Å². The van der Waals surface area contributed by atoms with Crippen molar-refractivity contribution in [3.63, 3.8) is 0 Å². The lowest BCUT2D eigenvalue weighted by molar-refractivity contribution is -0.146. The molecule has 0 heterocycles. The molecule has 0 aromatic heterocycles. The maximum Gasteiger partial charge on any atom is 0.333 e. The molecular weight excluding hydrogens is 270 g/mol. The van der Waals surface area contributed by atoms with Crippen molar-refractivity contribution in [2.75, 3.05) is 6.54 Å². The zero-order valence-corrected chi connectivity index (χ0v) is 11.8. The van der Waals surface area contributed by atoms with Gasteiger partial charge >= 0.3 is 5.97 Å². The van der Waals surface area contributed by atoms with Crippen molar-refractivity contribution in [2.45, 2.75) is 31.8 Å². The van der Waals surface area contributed by atoms with E-state index in [4.69, 9.17) is 10.2 Å². The highest BCUT2D eigenvalue weighted by Gasteiger charge is 2.22. The van der Waals surface area contributed by atoms with E-state index < -0.39 is 28.6 Å². The van der Waals surface area contributed by atoms with Gasteiger partial charge in [0.25, 0.3) is 0 Å². The molecule has 0 bridgehead atoms. The smallest absolute Gasteiger partial charge is 0.333 e. The topological polar surface area (TPSA) is 104 Å². The molecule has 1 atom stereocenters. The molecule has 0 amide bonds. The standard InChI is InChI=1S/C12H17NO5S/c1-7-4-8(2)11(9(3)5-7)19(17,18)13-6-10(14)12(15)16/h4-5,10,13-14H,6H2,1-3H3,(H,15,16)/t10-/m0/s1. The van der Waals surface area contributed by atoms with Crippen molar-refractivity contribution < 1.29 is 23.4 Å². The van der Waals surface area contributed by atoms with Crippen molar-refractivity contribution in [3.05, 3.63) is 28.8 Å². The molecule has 6 nitrogen and oxygen atoms in total. The highest BCUT2D eigenvalue weighted by Crippen LogP contribution is 2.21. The van der Waals surface area contributed by atoms with Crippen molar-refractivity contribution in [1.29, 1.82) is 0 Å². The van der Waals surface area contributed by atoms with Gasteiger partial charge in [-0.25, -0.2) is 17.9 Å². The predicted molar refractivity (Wildman–Crippen MR) is 69.5 cm³/mol. The number of aliphatic hydroxyl groups is 1. The van der Waals surface area contributed by atoms with Crippen LogP contribution in [0.2, 0.25) is 0 Å². The first-order valence-electron chi connectivity index (χ1n) is 5.63. The van der Waals surface area contributed by atoms with Crippen LogP contribution in [-0.2, 0) is 14.8 Å². The Labute approximate surface area is 112 Å². The van der Waals surface area contributed by atoms with E-state index in [1.54, 1.807) is 26.0 Å². The minimum atomic E-state index is -3.84. The summed E-state index contributed by atoms with van der Waals surface area (Å²) in [6, 6.07) is 3.46. The number of aliphatic hydroxyl groups excluding tert-OH is 1. The minimum Gasteiger partial charge on any atom is -0.479 e. The van der Waals surface area contributed by atoms with Gasteiger partial charge in [-0.05, 0) is 31.9 Å². The first-order valence-corrected chi connectivity index (χ1v) is 7.12. The Hall–Kier alpha value is -1.44. The zero-order valence-electron chi connectivity index (χ0n) is 11.0. The van der Waals surface area contributed by atoms with E-state index in [1.165, 1.54) is 0 Å². The molecule has 0 spiro atoms. The molecule has 0 aliphatic rings. The van der Waals surface area contributed by atoms with E-state index in [0.29, 0.717) is 11.1 Å². The number of aryl methyl sites for hydroxylation is 3. The number of hydrogen-bond acceptors (Lipinski definition) is 4. The van der Waals surface area contributed by atoms with E-state index in [1.807, 2.05) is 6.92 Å². The number of nitrogens with one attached hydrogen (secondary N) is 1. The van der Waals surface area contributed by atoms with Crippen LogP contribution in [0.4, 0.5) is 0 Å². The quantitative estimate of drug-likeness (QED) is 0.724. The molecule has 0 fully saturated rings. The molecule has 0 aliphatic heterocycles. The third-order valence-corrected chi connectivity index (χ3v) is 4.35. The summed E-state index contributed by atoms with van der Waals surface area (Å²) in [5, 5.41) is 17.6. The van der Waals surface area contributed by atoms with Gasteiger partial charge in [-0.15, -0.1) is 0 Å². The molecule has 0 saturated heterocycles. The van der Waals surface area contributed by atoms with E-state index in [9.17, 15) is 13.2 Å². The molecule has 0 aliphatic carbocycles. The molecule has 3 N–H and O–H groups in total. The molecule has 19 heavy (non-hydrogen) atoms. The molecule has 106 valence electrons. The Bertz CT molecular complexity index is 571. The highest BCUT2D eigenvalue weighted by atomic mass is 32.2. The molecule has 0 unspecified atom stereocenters. The third-order valence-electron chi connectivity index (χ3n) is 2.63. The Morgan fingerprint density at radius 2 is 1.74 bits per heavy atom. The van der Waals surface area contributed by atoms with E-state index in [0.717, 1.165) is 5.56 Å². The predicted octanol–water partition coefficient (Wildman–Crippen LogP) is 0.336. The molecule has 0 radical (unpaired) electrons. The van der Waals surface area contributed by atoms with Gasteiger partial charge in [0.2, 0.25) is 10.0 Å². The average molecular weight is 287 g/mol. The molecule has 7 heteroatoms. The van der Waals surface area contributed by atoms with Crippen LogP contribution in [-0.4, -0.2) is 37.2 Å². The van der Waals surface area contributed by atoms with E-state index in [-0.39, 0.29) is 4.90 Å². The SMILES string of the molecule is Cc1cc(C)c(S(=O)(=O)NC[C@H](O)C(=O)O)c(C)c1. The molecule has 1 aromatic carbocycles. The summed E-state index contributed by atoms with van der Waals surface area (Å²) in [5.74, 6) is -1.47. The first-order chi connectivity index (χ1) is 8.65. The number of carbonyl (C=O) groups is 1. The monoisotopic (exact) mass is 287 g/mol. The summed E-state index contributed by atoms with van der Waals surface area (Å²) < 4.78 is 26.3. The van der Waals surface area contributed by atoms with Gasteiger partial charge in [-0.1, -0.05) is 17.7 Å². The van der Waals surface area contributed by atoms with Crippen molar-refractivity contribution in [1.82, 2.24) is 4.72 Å². The number of carboxylic acids is 1. The van der Waals surface area contributed by atoms with E-state index >= 15 is 0 Å². The normalized spacial score (nSPS) is 13.3. The lowest BCUT2D eigenvalue weighted by Gasteiger charge is -2.14. The summed E-state index contributed by atoms with van der Waals surface area (Å²) >= 11 is 0. The largest absolute Gasteiger partial charge is 0.479 e. The number of hydrogen-bond donors (Lipinski definition) is 3. The summed E-state index contributed by atoms with van der Waals surface area (Å²) in [6.45, 7) is 4.63. The van der Waals surface area contributed by atoms with Gasteiger partial charge in [-0.3, -0.25) is 0 Å². The number of sulfonamides is 1. The molecule has 0 saturated carbocycles. The lowest BCUT2D eigenvalue weighted by Crippen LogP contribution is -2.37. The second-order valence-corrected chi connectivity index (χ2v) is 6.14. The van der Waals surface area contributed by atoms with Crippen LogP contribution >= 0.6 is 0 Å². The molecular formula is C12H17NO5S. The van der Waals surface area contributed by atoms with Crippen LogP contribution in [0.25, 0.3) is 0 Å². The Balaban J connectivity index is 3.05. The van der Waals surface area contributed by atoms with Crippen molar-refractivity contribution in [3.8, 4) is 0 Å². The fraction of sp³-hybridized carbons (Fsp3) is 0.417. The van der Waals surface area contributed by atoms with Crippen molar-refractivity contribution >= 4 is 16.0 Å². The summed E-state index contributed by atoms with van der Waals surface area (Å²) in [6.07, 6.45) is -1.76. The van der Waals surface area contributed by atoms with Crippen LogP contribution in [0, 0.1) is 20.8 Å². The second kappa shape index (κ2) is 5.68. The number of aliphatic carboxylic acids is 1. The summed E-state index contributed by atoms with van der Waals surface area (Å²) in [7, 11) is -3.84.